The van der Waals surface area contributed by atoms with Crippen molar-refractivity contribution in [3.63, 3.8) is 0 Å². The Kier molecular flexibility index (Phi) is 8.44. The quantitative estimate of drug-likeness (QED) is 0.605. The summed E-state index contributed by atoms with van der Waals surface area (Å²) in [6.07, 6.45) is 1.19. The fourth-order valence-corrected chi connectivity index (χ4v) is 1.96. The molecule has 2 unspecified atom stereocenters. The summed E-state index contributed by atoms with van der Waals surface area (Å²) in [5.41, 5.74) is 0.582. The zero-order chi connectivity index (χ0) is 15.5. The van der Waals surface area contributed by atoms with Crippen molar-refractivity contribution < 1.29 is 14.9 Å². The number of nitrogens with zero attached hydrogens (tertiary/aromatic N) is 1. The number of ether oxygens (including phenoxy) is 1. The Balaban J connectivity index is 2.21. The Bertz CT molecular complexity index is 428. The third kappa shape index (κ3) is 7.09. The zero-order valence-electron chi connectivity index (χ0n) is 12.5. The molecule has 1 rings (SSSR count). The predicted molar refractivity (Wildman–Crippen MR) is 81.0 cm³/mol. The fraction of sp³-hybridized carbons (Fsp3) is 0.562. The summed E-state index contributed by atoms with van der Waals surface area (Å²) in [5, 5.41) is 30.6. The van der Waals surface area contributed by atoms with E-state index >= 15 is 0 Å². The van der Waals surface area contributed by atoms with E-state index in [1.54, 1.807) is 24.3 Å². The van der Waals surface area contributed by atoms with Crippen LogP contribution in [0.4, 0.5) is 0 Å². The topological polar surface area (TPSA) is 85.5 Å². The molecule has 21 heavy (non-hydrogen) atoms. The van der Waals surface area contributed by atoms with Crippen molar-refractivity contribution in [2.45, 2.75) is 25.9 Å². The van der Waals surface area contributed by atoms with Crippen LogP contribution < -0.4 is 10.1 Å². The van der Waals surface area contributed by atoms with Crippen LogP contribution in [-0.2, 0) is 0 Å². The monoisotopic (exact) mass is 292 g/mol. The van der Waals surface area contributed by atoms with Crippen molar-refractivity contribution in [1.29, 1.82) is 5.26 Å². The van der Waals surface area contributed by atoms with Crippen LogP contribution in [0.25, 0.3) is 0 Å². The molecule has 0 heterocycles. The Morgan fingerprint density at radius 3 is 2.57 bits per heavy atom. The van der Waals surface area contributed by atoms with Crippen LogP contribution in [-0.4, -0.2) is 42.6 Å². The molecule has 0 aliphatic carbocycles. The number of rotatable bonds is 10. The molecule has 5 heteroatoms. The van der Waals surface area contributed by atoms with E-state index in [2.05, 4.69) is 12.2 Å². The molecule has 0 amide bonds. The highest BCUT2D eigenvalue weighted by molar-refractivity contribution is 5.34. The van der Waals surface area contributed by atoms with Crippen LogP contribution in [0.1, 0.15) is 25.3 Å². The first kappa shape index (κ1) is 17.4. The minimum atomic E-state index is -0.590. The molecule has 2 atom stereocenters. The van der Waals surface area contributed by atoms with Gasteiger partial charge in [0.15, 0.2) is 0 Å². The maximum absolute atomic E-state index is 9.84. The van der Waals surface area contributed by atoms with Crippen molar-refractivity contribution in [3.8, 4) is 11.8 Å². The Morgan fingerprint density at radius 2 is 2.00 bits per heavy atom. The zero-order valence-corrected chi connectivity index (χ0v) is 12.5. The SMILES string of the molecule is CCC(CCO)CNCC(O)COc1ccc(C#N)cc1. The third-order valence-electron chi connectivity index (χ3n) is 3.35. The van der Waals surface area contributed by atoms with Crippen LogP contribution in [0.2, 0.25) is 0 Å². The normalized spacial score (nSPS) is 13.4. The van der Waals surface area contributed by atoms with E-state index in [0.717, 1.165) is 19.4 Å². The molecular formula is C16H24N2O3. The van der Waals surface area contributed by atoms with Gasteiger partial charge in [0.25, 0.3) is 0 Å². The largest absolute Gasteiger partial charge is 0.491 e. The molecule has 0 saturated carbocycles. The summed E-state index contributed by atoms with van der Waals surface area (Å²) in [6.45, 7) is 3.73. The van der Waals surface area contributed by atoms with Crippen molar-refractivity contribution in [1.82, 2.24) is 5.32 Å². The van der Waals surface area contributed by atoms with E-state index in [-0.39, 0.29) is 13.2 Å². The lowest BCUT2D eigenvalue weighted by Crippen LogP contribution is -2.34. The van der Waals surface area contributed by atoms with Gasteiger partial charge in [-0.2, -0.15) is 5.26 Å². The van der Waals surface area contributed by atoms with E-state index in [1.165, 1.54) is 0 Å². The van der Waals surface area contributed by atoms with E-state index in [4.69, 9.17) is 15.1 Å². The highest BCUT2D eigenvalue weighted by atomic mass is 16.5. The van der Waals surface area contributed by atoms with Crippen LogP contribution >= 0.6 is 0 Å². The summed E-state index contributed by atoms with van der Waals surface area (Å²) in [5.74, 6) is 1.07. The highest BCUT2D eigenvalue weighted by Gasteiger charge is 2.08. The number of nitriles is 1. The van der Waals surface area contributed by atoms with Gasteiger partial charge in [-0.3, -0.25) is 0 Å². The predicted octanol–water partition coefficient (Wildman–Crippen LogP) is 1.30. The van der Waals surface area contributed by atoms with E-state index < -0.39 is 6.10 Å². The summed E-state index contributed by atoms with van der Waals surface area (Å²) >= 11 is 0. The molecule has 1 aromatic carbocycles. The maximum Gasteiger partial charge on any atom is 0.119 e. The van der Waals surface area contributed by atoms with Gasteiger partial charge in [-0.25, -0.2) is 0 Å². The van der Waals surface area contributed by atoms with Gasteiger partial charge in [-0.15, -0.1) is 0 Å². The lowest BCUT2D eigenvalue weighted by Gasteiger charge is -2.17. The minimum absolute atomic E-state index is 0.199. The van der Waals surface area contributed by atoms with Crippen LogP contribution in [0.3, 0.4) is 0 Å². The lowest BCUT2D eigenvalue weighted by atomic mass is 10.0. The molecule has 0 bridgehead atoms. The van der Waals surface area contributed by atoms with Gasteiger partial charge in [0, 0.05) is 13.2 Å². The van der Waals surface area contributed by atoms with Crippen LogP contribution in [0.5, 0.6) is 5.75 Å². The van der Waals surface area contributed by atoms with Crippen molar-refractivity contribution in [2.75, 3.05) is 26.3 Å². The lowest BCUT2D eigenvalue weighted by molar-refractivity contribution is 0.105. The van der Waals surface area contributed by atoms with Gasteiger partial charge in [0.1, 0.15) is 18.5 Å². The molecule has 3 N–H and O–H groups in total. The summed E-state index contributed by atoms with van der Waals surface area (Å²) in [6, 6.07) is 8.83. The van der Waals surface area contributed by atoms with Gasteiger partial charge in [-0.1, -0.05) is 13.3 Å². The molecule has 0 radical (unpaired) electrons. The molecule has 0 spiro atoms. The smallest absolute Gasteiger partial charge is 0.119 e. The minimum Gasteiger partial charge on any atom is -0.491 e. The van der Waals surface area contributed by atoms with Crippen molar-refractivity contribution in [2.24, 2.45) is 5.92 Å². The van der Waals surface area contributed by atoms with E-state index in [0.29, 0.717) is 23.8 Å². The second-order valence-corrected chi connectivity index (χ2v) is 5.05. The number of hydrogen-bond acceptors (Lipinski definition) is 5. The van der Waals surface area contributed by atoms with Crippen LogP contribution in [0, 0.1) is 17.2 Å². The van der Waals surface area contributed by atoms with Gasteiger partial charge >= 0.3 is 0 Å². The first-order valence-electron chi connectivity index (χ1n) is 7.32. The molecule has 0 fully saturated rings. The second-order valence-electron chi connectivity index (χ2n) is 5.05. The van der Waals surface area contributed by atoms with Crippen molar-refractivity contribution in [3.05, 3.63) is 29.8 Å². The molecular weight excluding hydrogens is 268 g/mol. The highest BCUT2D eigenvalue weighted by Crippen LogP contribution is 2.11. The first-order valence-corrected chi connectivity index (χ1v) is 7.32. The van der Waals surface area contributed by atoms with Gasteiger partial charge in [-0.05, 0) is 43.1 Å². The average molecular weight is 292 g/mol. The Hall–Kier alpha value is -1.61. The maximum atomic E-state index is 9.84. The number of nitrogens with one attached hydrogen (secondary N) is 1. The molecule has 0 aliphatic rings. The fourth-order valence-electron chi connectivity index (χ4n) is 1.96. The summed E-state index contributed by atoms with van der Waals surface area (Å²) in [4.78, 5) is 0. The molecule has 5 nitrogen and oxygen atoms in total. The molecule has 116 valence electrons. The van der Waals surface area contributed by atoms with E-state index in [1.807, 2.05) is 6.07 Å². The Labute approximate surface area is 126 Å². The molecule has 1 aromatic rings. The van der Waals surface area contributed by atoms with Gasteiger partial charge < -0.3 is 20.3 Å². The number of hydrogen-bond donors (Lipinski definition) is 3. The Morgan fingerprint density at radius 1 is 1.29 bits per heavy atom. The average Bonchev–Trinajstić information content (AvgIpc) is 2.52. The number of aliphatic hydroxyl groups is 2. The third-order valence-corrected chi connectivity index (χ3v) is 3.35. The van der Waals surface area contributed by atoms with Crippen LogP contribution in [0.15, 0.2) is 24.3 Å². The first-order chi connectivity index (χ1) is 10.2. The van der Waals surface area contributed by atoms with Gasteiger partial charge in [0.05, 0.1) is 11.6 Å². The second kappa shape index (κ2) is 10.2. The molecule has 0 aliphatic heterocycles. The summed E-state index contributed by atoms with van der Waals surface area (Å²) in [7, 11) is 0. The molecule has 0 aromatic heterocycles. The number of benzene rings is 1. The standard InChI is InChI=1S/C16H24N2O3/c1-2-13(7-8-19)10-18-11-15(20)12-21-16-5-3-14(9-17)4-6-16/h3-6,13,15,18-20H,2,7-8,10-12H2,1H3. The summed E-state index contributed by atoms with van der Waals surface area (Å²) < 4.78 is 5.46. The van der Waals surface area contributed by atoms with Gasteiger partial charge in [0.2, 0.25) is 0 Å². The van der Waals surface area contributed by atoms with Crippen molar-refractivity contribution >= 4 is 0 Å². The van der Waals surface area contributed by atoms with E-state index in [9.17, 15) is 5.11 Å². The molecule has 0 saturated heterocycles. The number of aliphatic hydroxyl groups excluding tert-OH is 2.